The summed E-state index contributed by atoms with van der Waals surface area (Å²) in [6.07, 6.45) is 1.87. The molecule has 1 heterocycles. The molecule has 0 aliphatic rings. The summed E-state index contributed by atoms with van der Waals surface area (Å²) in [5.41, 5.74) is 3.75. The van der Waals surface area contributed by atoms with Crippen molar-refractivity contribution >= 4 is 5.82 Å². The van der Waals surface area contributed by atoms with Crippen molar-refractivity contribution in [3.05, 3.63) is 23.9 Å². The maximum absolute atomic E-state index is 5.27. The standard InChI is InChI=1S/C12H22N4/c1-4-16(8-10(2)3)9-11-5-6-12(15-13)14-7-11/h5-7,10H,4,8-9,13H2,1-3H3,(H,14,15). The van der Waals surface area contributed by atoms with Crippen LogP contribution < -0.4 is 11.3 Å². The van der Waals surface area contributed by atoms with Crippen LogP contribution in [0.4, 0.5) is 5.82 Å². The van der Waals surface area contributed by atoms with Gasteiger partial charge in [-0.15, -0.1) is 0 Å². The molecule has 0 fully saturated rings. The summed E-state index contributed by atoms with van der Waals surface area (Å²) in [5.74, 6) is 6.67. The third-order valence-corrected chi connectivity index (χ3v) is 2.45. The topological polar surface area (TPSA) is 54.2 Å². The van der Waals surface area contributed by atoms with E-state index in [1.807, 2.05) is 12.3 Å². The lowest BCUT2D eigenvalue weighted by Gasteiger charge is -2.22. The molecule has 1 aromatic heterocycles. The minimum atomic E-state index is 0.692. The Morgan fingerprint density at radius 1 is 1.44 bits per heavy atom. The molecule has 0 unspecified atom stereocenters. The van der Waals surface area contributed by atoms with Crippen molar-refractivity contribution < 1.29 is 0 Å². The minimum absolute atomic E-state index is 0.692. The zero-order chi connectivity index (χ0) is 12.0. The Bertz CT molecular complexity index is 294. The molecule has 16 heavy (non-hydrogen) atoms. The number of nitrogens with zero attached hydrogens (tertiary/aromatic N) is 2. The summed E-state index contributed by atoms with van der Waals surface area (Å²) in [7, 11) is 0. The summed E-state index contributed by atoms with van der Waals surface area (Å²) < 4.78 is 0. The van der Waals surface area contributed by atoms with Crippen LogP contribution in [0.15, 0.2) is 18.3 Å². The van der Waals surface area contributed by atoms with Gasteiger partial charge < -0.3 is 5.43 Å². The van der Waals surface area contributed by atoms with Crippen molar-refractivity contribution in [2.75, 3.05) is 18.5 Å². The number of aromatic nitrogens is 1. The number of hydrazine groups is 1. The number of nitrogens with two attached hydrogens (primary N) is 1. The number of anilines is 1. The fourth-order valence-corrected chi connectivity index (χ4v) is 1.68. The van der Waals surface area contributed by atoms with Crippen LogP contribution in [0.25, 0.3) is 0 Å². The Labute approximate surface area is 97.8 Å². The van der Waals surface area contributed by atoms with Crippen LogP contribution in [0.2, 0.25) is 0 Å². The van der Waals surface area contributed by atoms with Crippen molar-refractivity contribution in [1.29, 1.82) is 0 Å². The van der Waals surface area contributed by atoms with E-state index < -0.39 is 0 Å². The van der Waals surface area contributed by atoms with Crippen LogP contribution in [0.1, 0.15) is 26.3 Å². The van der Waals surface area contributed by atoms with E-state index in [1.54, 1.807) is 0 Å². The lowest BCUT2D eigenvalue weighted by atomic mass is 10.2. The van der Waals surface area contributed by atoms with E-state index in [0.717, 1.165) is 19.6 Å². The smallest absolute Gasteiger partial charge is 0.139 e. The Hall–Kier alpha value is -1.13. The van der Waals surface area contributed by atoms with Gasteiger partial charge in [-0.25, -0.2) is 10.8 Å². The Morgan fingerprint density at radius 2 is 2.19 bits per heavy atom. The van der Waals surface area contributed by atoms with Gasteiger partial charge >= 0.3 is 0 Å². The number of nitrogens with one attached hydrogen (secondary N) is 1. The monoisotopic (exact) mass is 222 g/mol. The van der Waals surface area contributed by atoms with Crippen molar-refractivity contribution in [2.24, 2.45) is 11.8 Å². The minimum Gasteiger partial charge on any atom is -0.308 e. The molecule has 0 bridgehead atoms. The van der Waals surface area contributed by atoms with E-state index in [1.165, 1.54) is 5.56 Å². The van der Waals surface area contributed by atoms with Gasteiger partial charge in [-0.05, 0) is 24.1 Å². The average Bonchev–Trinajstić information content (AvgIpc) is 2.28. The largest absolute Gasteiger partial charge is 0.308 e. The van der Waals surface area contributed by atoms with Gasteiger partial charge in [0, 0.05) is 19.3 Å². The SMILES string of the molecule is CCN(Cc1ccc(NN)nc1)CC(C)C. The first-order valence-electron chi connectivity index (χ1n) is 5.79. The highest BCUT2D eigenvalue weighted by Crippen LogP contribution is 2.08. The lowest BCUT2D eigenvalue weighted by molar-refractivity contribution is 0.248. The third-order valence-electron chi connectivity index (χ3n) is 2.45. The highest BCUT2D eigenvalue weighted by atomic mass is 15.2. The zero-order valence-electron chi connectivity index (χ0n) is 10.4. The van der Waals surface area contributed by atoms with Crippen molar-refractivity contribution in [2.45, 2.75) is 27.3 Å². The molecule has 0 aliphatic carbocycles. The van der Waals surface area contributed by atoms with Gasteiger partial charge in [0.05, 0.1) is 0 Å². The van der Waals surface area contributed by atoms with E-state index in [4.69, 9.17) is 5.84 Å². The third kappa shape index (κ3) is 4.16. The summed E-state index contributed by atoms with van der Waals surface area (Å²) in [4.78, 5) is 6.61. The van der Waals surface area contributed by atoms with E-state index in [0.29, 0.717) is 11.7 Å². The molecule has 1 rings (SSSR count). The van der Waals surface area contributed by atoms with Gasteiger partial charge in [-0.2, -0.15) is 0 Å². The van der Waals surface area contributed by atoms with Crippen LogP contribution in [-0.4, -0.2) is 23.0 Å². The van der Waals surface area contributed by atoms with Gasteiger partial charge in [0.25, 0.3) is 0 Å². The van der Waals surface area contributed by atoms with Crippen LogP contribution in [-0.2, 0) is 6.54 Å². The quantitative estimate of drug-likeness (QED) is 0.569. The highest BCUT2D eigenvalue weighted by Gasteiger charge is 2.06. The van der Waals surface area contributed by atoms with Crippen molar-refractivity contribution in [3.63, 3.8) is 0 Å². The molecule has 0 amide bonds. The van der Waals surface area contributed by atoms with Gasteiger partial charge in [-0.3, -0.25) is 4.90 Å². The van der Waals surface area contributed by atoms with Crippen molar-refractivity contribution in [1.82, 2.24) is 9.88 Å². The second kappa shape index (κ2) is 6.45. The predicted molar refractivity (Wildman–Crippen MR) is 67.8 cm³/mol. The molecule has 0 aromatic carbocycles. The van der Waals surface area contributed by atoms with Gasteiger partial charge in [0.15, 0.2) is 0 Å². The molecule has 0 radical (unpaired) electrons. The summed E-state index contributed by atoms with van der Waals surface area (Å²) in [5, 5.41) is 0. The zero-order valence-corrected chi connectivity index (χ0v) is 10.4. The van der Waals surface area contributed by atoms with Gasteiger partial charge in [-0.1, -0.05) is 26.8 Å². The maximum Gasteiger partial charge on any atom is 0.139 e. The highest BCUT2D eigenvalue weighted by molar-refractivity contribution is 5.33. The molecule has 4 nitrogen and oxygen atoms in total. The fourth-order valence-electron chi connectivity index (χ4n) is 1.68. The number of nitrogen functional groups attached to an aromatic ring is 1. The molecule has 4 heteroatoms. The number of hydrogen-bond donors (Lipinski definition) is 2. The first-order valence-corrected chi connectivity index (χ1v) is 5.79. The van der Waals surface area contributed by atoms with Gasteiger partial charge in [0.1, 0.15) is 5.82 Å². The Kier molecular flexibility index (Phi) is 5.22. The Balaban J connectivity index is 2.56. The van der Waals surface area contributed by atoms with E-state index in [9.17, 15) is 0 Å². The van der Waals surface area contributed by atoms with Crippen LogP contribution in [0, 0.1) is 5.92 Å². The number of hydrogen-bond acceptors (Lipinski definition) is 4. The molecule has 1 aromatic rings. The van der Waals surface area contributed by atoms with Crippen LogP contribution >= 0.6 is 0 Å². The number of rotatable bonds is 6. The normalized spacial score (nSPS) is 11.1. The van der Waals surface area contributed by atoms with Crippen LogP contribution in [0.3, 0.4) is 0 Å². The fraction of sp³-hybridized carbons (Fsp3) is 0.583. The van der Waals surface area contributed by atoms with E-state index in [2.05, 4.69) is 42.1 Å². The van der Waals surface area contributed by atoms with Gasteiger partial charge in [0.2, 0.25) is 0 Å². The maximum atomic E-state index is 5.27. The van der Waals surface area contributed by atoms with Crippen molar-refractivity contribution in [3.8, 4) is 0 Å². The molecule has 3 N–H and O–H groups in total. The predicted octanol–water partition coefficient (Wildman–Crippen LogP) is 1.85. The van der Waals surface area contributed by atoms with Crippen LogP contribution in [0.5, 0.6) is 0 Å². The first-order chi connectivity index (χ1) is 7.65. The molecule has 0 spiro atoms. The Morgan fingerprint density at radius 3 is 2.62 bits per heavy atom. The second-order valence-corrected chi connectivity index (χ2v) is 4.42. The summed E-state index contributed by atoms with van der Waals surface area (Å²) in [6, 6.07) is 3.96. The summed E-state index contributed by atoms with van der Waals surface area (Å²) in [6.45, 7) is 9.80. The molecular formula is C12H22N4. The summed E-state index contributed by atoms with van der Waals surface area (Å²) >= 11 is 0. The molecule has 0 atom stereocenters. The molecular weight excluding hydrogens is 200 g/mol. The number of pyridine rings is 1. The molecule has 0 saturated carbocycles. The van der Waals surface area contributed by atoms with E-state index >= 15 is 0 Å². The first kappa shape index (κ1) is 12.9. The second-order valence-electron chi connectivity index (χ2n) is 4.42. The van der Waals surface area contributed by atoms with E-state index in [-0.39, 0.29) is 0 Å². The lowest BCUT2D eigenvalue weighted by Crippen LogP contribution is -2.27. The molecule has 0 saturated heterocycles. The average molecular weight is 222 g/mol. The molecule has 0 aliphatic heterocycles. The molecule has 90 valence electrons.